The number of methoxy groups -OCH3 is 1. The Morgan fingerprint density at radius 1 is 1.37 bits per heavy atom. The van der Waals surface area contributed by atoms with Crippen LogP contribution in [0.3, 0.4) is 0 Å². The molecular formula is C14H19NO3S. The van der Waals surface area contributed by atoms with Crippen LogP contribution in [0.15, 0.2) is 6.07 Å². The van der Waals surface area contributed by atoms with E-state index in [1.165, 1.54) is 7.11 Å². The fourth-order valence-electron chi connectivity index (χ4n) is 2.55. The number of ether oxygens (including phenoxy) is 1. The van der Waals surface area contributed by atoms with E-state index in [4.69, 9.17) is 4.74 Å². The molecule has 1 saturated heterocycles. The molecule has 0 saturated carbocycles. The standard InChI is InChI=1S/C14H19NO3S/c1-9-8-11(10(2)19-9)13(16)15-7-5-4-6-12(15)14(17)18-3/h8,12H,4-7H2,1-3H3. The fourth-order valence-corrected chi connectivity index (χ4v) is 3.47. The van der Waals surface area contributed by atoms with Gasteiger partial charge >= 0.3 is 5.97 Å². The van der Waals surface area contributed by atoms with Crippen LogP contribution in [0, 0.1) is 13.8 Å². The summed E-state index contributed by atoms with van der Waals surface area (Å²) in [6.45, 7) is 4.57. The van der Waals surface area contributed by atoms with Gasteiger partial charge in [0.25, 0.3) is 5.91 Å². The van der Waals surface area contributed by atoms with Gasteiger partial charge in [-0.2, -0.15) is 0 Å². The molecule has 104 valence electrons. The number of hydrogen-bond donors (Lipinski definition) is 0. The van der Waals surface area contributed by atoms with E-state index >= 15 is 0 Å². The highest BCUT2D eigenvalue weighted by molar-refractivity contribution is 7.12. The molecule has 2 rings (SSSR count). The predicted molar refractivity (Wildman–Crippen MR) is 74.5 cm³/mol. The number of rotatable bonds is 2. The van der Waals surface area contributed by atoms with Crippen molar-refractivity contribution in [1.29, 1.82) is 0 Å². The van der Waals surface area contributed by atoms with Crippen LogP contribution in [0.2, 0.25) is 0 Å². The molecule has 1 aromatic heterocycles. The lowest BCUT2D eigenvalue weighted by Gasteiger charge is -2.33. The minimum atomic E-state index is -0.425. The van der Waals surface area contributed by atoms with Gasteiger partial charge in [0.2, 0.25) is 0 Å². The third-order valence-corrected chi connectivity index (χ3v) is 4.47. The third kappa shape index (κ3) is 2.81. The zero-order valence-corrected chi connectivity index (χ0v) is 12.4. The maximum absolute atomic E-state index is 12.6. The molecule has 1 aliphatic rings. The molecule has 2 heterocycles. The van der Waals surface area contributed by atoms with E-state index < -0.39 is 6.04 Å². The lowest BCUT2D eigenvalue weighted by molar-refractivity contribution is -0.147. The summed E-state index contributed by atoms with van der Waals surface area (Å²) < 4.78 is 4.81. The van der Waals surface area contributed by atoms with Crippen LogP contribution in [-0.4, -0.2) is 36.5 Å². The SMILES string of the molecule is COC(=O)C1CCCCN1C(=O)c1cc(C)sc1C. The number of aryl methyl sites for hydroxylation is 2. The lowest BCUT2D eigenvalue weighted by Crippen LogP contribution is -2.48. The van der Waals surface area contributed by atoms with Gasteiger partial charge in [-0.15, -0.1) is 11.3 Å². The van der Waals surface area contributed by atoms with E-state index in [2.05, 4.69) is 0 Å². The van der Waals surface area contributed by atoms with Crippen molar-refractivity contribution in [3.8, 4) is 0 Å². The molecule has 1 unspecified atom stereocenters. The number of carbonyl (C=O) groups is 2. The molecule has 0 aromatic carbocycles. The third-order valence-electron chi connectivity index (χ3n) is 3.51. The number of amides is 1. The molecule has 0 spiro atoms. The van der Waals surface area contributed by atoms with E-state index in [0.717, 1.165) is 28.2 Å². The second-order valence-electron chi connectivity index (χ2n) is 4.86. The first-order chi connectivity index (χ1) is 9.04. The van der Waals surface area contributed by atoms with Crippen molar-refractivity contribution < 1.29 is 14.3 Å². The molecule has 1 aromatic rings. The Morgan fingerprint density at radius 3 is 2.68 bits per heavy atom. The lowest BCUT2D eigenvalue weighted by atomic mass is 10.0. The summed E-state index contributed by atoms with van der Waals surface area (Å²) in [7, 11) is 1.37. The molecule has 1 aliphatic heterocycles. The maximum atomic E-state index is 12.6. The average molecular weight is 281 g/mol. The van der Waals surface area contributed by atoms with Crippen molar-refractivity contribution >= 4 is 23.2 Å². The number of thiophene rings is 1. The van der Waals surface area contributed by atoms with Crippen LogP contribution in [0.25, 0.3) is 0 Å². The summed E-state index contributed by atoms with van der Waals surface area (Å²) in [6, 6.07) is 1.48. The van der Waals surface area contributed by atoms with Gasteiger partial charge in [0.1, 0.15) is 6.04 Å². The Labute approximate surface area is 117 Å². The van der Waals surface area contributed by atoms with Crippen LogP contribution >= 0.6 is 11.3 Å². The maximum Gasteiger partial charge on any atom is 0.328 e. The van der Waals surface area contributed by atoms with E-state index in [-0.39, 0.29) is 11.9 Å². The quantitative estimate of drug-likeness (QED) is 0.783. The largest absolute Gasteiger partial charge is 0.467 e. The molecule has 1 atom stereocenters. The Kier molecular flexibility index (Phi) is 4.24. The van der Waals surface area contributed by atoms with Crippen molar-refractivity contribution in [3.63, 3.8) is 0 Å². The molecule has 0 bridgehead atoms. The minimum absolute atomic E-state index is 0.0445. The molecular weight excluding hydrogens is 262 g/mol. The van der Waals surface area contributed by atoms with Crippen molar-refractivity contribution in [1.82, 2.24) is 4.90 Å². The summed E-state index contributed by atoms with van der Waals surface area (Å²) in [4.78, 5) is 28.2. The summed E-state index contributed by atoms with van der Waals surface area (Å²) in [5.41, 5.74) is 0.721. The highest BCUT2D eigenvalue weighted by atomic mass is 32.1. The monoisotopic (exact) mass is 281 g/mol. The van der Waals surface area contributed by atoms with Gasteiger partial charge in [0.05, 0.1) is 12.7 Å². The molecule has 0 aliphatic carbocycles. The molecule has 19 heavy (non-hydrogen) atoms. The van der Waals surface area contributed by atoms with Crippen LogP contribution in [0.1, 0.15) is 39.4 Å². The Balaban J connectivity index is 2.25. The topological polar surface area (TPSA) is 46.6 Å². The Hall–Kier alpha value is -1.36. The van der Waals surface area contributed by atoms with Crippen LogP contribution < -0.4 is 0 Å². The number of carbonyl (C=O) groups excluding carboxylic acids is 2. The number of piperidine rings is 1. The van der Waals surface area contributed by atoms with Crippen molar-refractivity contribution in [2.75, 3.05) is 13.7 Å². The predicted octanol–water partition coefficient (Wildman–Crippen LogP) is 2.53. The summed E-state index contributed by atoms with van der Waals surface area (Å²) in [5.74, 6) is -0.352. The van der Waals surface area contributed by atoms with Gasteiger partial charge in [-0.25, -0.2) is 4.79 Å². The van der Waals surface area contributed by atoms with Crippen LogP contribution in [-0.2, 0) is 9.53 Å². The molecule has 1 amide bonds. The van der Waals surface area contributed by atoms with E-state index in [0.29, 0.717) is 13.0 Å². The first-order valence-electron chi connectivity index (χ1n) is 6.50. The van der Waals surface area contributed by atoms with Crippen LogP contribution in [0.5, 0.6) is 0 Å². The zero-order valence-electron chi connectivity index (χ0n) is 11.6. The summed E-state index contributed by atoms with van der Waals surface area (Å²) in [6.07, 6.45) is 2.60. The van der Waals surface area contributed by atoms with Gasteiger partial charge in [-0.05, 0) is 39.2 Å². The number of likely N-dealkylation sites (tertiary alicyclic amines) is 1. The number of hydrogen-bond acceptors (Lipinski definition) is 4. The Bertz CT molecular complexity index is 495. The Morgan fingerprint density at radius 2 is 2.11 bits per heavy atom. The highest BCUT2D eigenvalue weighted by Gasteiger charge is 2.34. The second-order valence-corrected chi connectivity index (χ2v) is 6.32. The zero-order chi connectivity index (χ0) is 14.0. The first-order valence-corrected chi connectivity index (χ1v) is 7.32. The minimum Gasteiger partial charge on any atom is -0.467 e. The number of nitrogens with zero attached hydrogens (tertiary/aromatic N) is 1. The summed E-state index contributed by atoms with van der Waals surface area (Å²) >= 11 is 1.61. The first kappa shape index (κ1) is 14.1. The smallest absolute Gasteiger partial charge is 0.328 e. The number of esters is 1. The van der Waals surface area contributed by atoms with Gasteiger partial charge in [0.15, 0.2) is 0 Å². The van der Waals surface area contributed by atoms with E-state index in [9.17, 15) is 9.59 Å². The van der Waals surface area contributed by atoms with Crippen molar-refractivity contribution in [2.45, 2.75) is 39.2 Å². The van der Waals surface area contributed by atoms with E-state index in [1.54, 1.807) is 16.2 Å². The van der Waals surface area contributed by atoms with Crippen LogP contribution in [0.4, 0.5) is 0 Å². The van der Waals surface area contributed by atoms with E-state index in [1.807, 2.05) is 19.9 Å². The second kappa shape index (κ2) is 5.74. The van der Waals surface area contributed by atoms with Crippen molar-refractivity contribution in [3.05, 3.63) is 21.4 Å². The van der Waals surface area contributed by atoms with Gasteiger partial charge in [-0.3, -0.25) is 4.79 Å². The van der Waals surface area contributed by atoms with Gasteiger partial charge in [-0.1, -0.05) is 0 Å². The molecule has 0 N–H and O–H groups in total. The van der Waals surface area contributed by atoms with Gasteiger partial charge in [0, 0.05) is 16.3 Å². The summed E-state index contributed by atoms with van der Waals surface area (Å²) in [5, 5.41) is 0. The molecule has 4 nitrogen and oxygen atoms in total. The average Bonchev–Trinajstić information content (AvgIpc) is 2.76. The molecule has 0 radical (unpaired) electrons. The molecule has 1 fully saturated rings. The van der Waals surface area contributed by atoms with Gasteiger partial charge < -0.3 is 9.64 Å². The fraction of sp³-hybridized carbons (Fsp3) is 0.571. The van der Waals surface area contributed by atoms with Crippen molar-refractivity contribution in [2.24, 2.45) is 0 Å². The normalized spacial score (nSPS) is 19.3. The molecule has 5 heteroatoms. The highest BCUT2D eigenvalue weighted by Crippen LogP contribution is 2.26.